The molecule has 1 aromatic heterocycles. The molecule has 0 aliphatic heterocycles. The molecule has 0 spiro atoms. The SMILES string of the molecule is CCCCCCCCOC(=O)CC(O)(Cn1cncn1)c1ccc(F)cc1F. The van der Waals surface area contributed by atoms with E-state index in [2.05, 4.69) is 17.0 Å². The summed E-state index contributed by atoms with van der Waals surface area (Å²) >= 11 is 0. The number of benzene rings is 1. The molecule has 1 atom stereocenters. The summed E-state index contributed by atoms with van der Waals surface area (Å²) in [4.78, 5) is 16.0. The molecule has 8 heteroatoms. The third-order valence-corrected chi connectivity index (χ3v) is 4.52. The first kappa shape index (κ1) is 21.9. The van der Waals surface area contributed by atoms with E-state index in [-0.39, 0.29) is 18.7 Å². The quantitative estimate of drug-likeness (QED) is 0.438. The summed E-state index contributed by atoms with van der Waals surface area (Å²) < 4.78 is 34.0. The Morgan fingerprint density at radius 2 is 1.96 bits per heavy atom. The predicted octanol–water partition coefficient (Wildman–Crippen LogP) is 3.74. The zero-order chi connectivity index (χ0) is 20.4. The Hall–Kier alpha value is -2.35. The Kier molecular flexibility index (Phi) is 8.50. The fraction of sp³-hybridized carbons (Fsp3) is 0.550. The van der Waals surface area contributed by atoms with E-state index in [1.54, 1.807) is 0 Å². The fourth-order valence-corrected chi connectivity index (χ4v) is 3.04. The molecule has 1 unspecified atom stereocenters. The number of aliphatic hydroxyl groups is 1. The number of rotatable bonds is 12. The van der Waals surface area contributed by atoms with Crippen LogP contribution in [0, 0.1) is 11.6 Å². The first-order chi connectivity index (χ1) is 13.4. The molecule has 0 radical (unpaired) electrons. The van der Waals surface area contributed by atoms with Gasteiger partial charge in [-0.1, -0.05) is 45.1 Å². The van der Waals surface area contributed by atoms with Crippen LogP contribution >= 0.6 is 0 Å². The average molecular weight is 395 g/mol. The molecule has 0 aliphatic carbocycles. The molecule has 0 saturated carbocycles. The largest absolute Gasteiger partial charge is 0.466 e. The number of nitrogens with zero attached hydrogens (tertiary/aromatic N) is 3. The van der Waals surface area contributed by atoms with Gasteiger partial charge in [0.25, 0.3) is 0 Å². The minimum absolute atomic E-state index is 0.194. The van der Waals surface area contributed by atoms with Gasteiger partial charge in [0.15, 0.2) is 0 Å². The van der Waals surface area contributed by atoms with Crippen LogP contribution in [-0.2, 0) is 21.7 Å². The fourth-order valence-electron chi connectivity index (χ4n) is 3.04. The van der Waals surface area contributed by atoms with E-state index in [4.69, 9.17) is 4.74 Å². The van der Waals surface area contributed by atoms with E-state index in [9.17, 15) is 18.7 Å². The Balaban J connectivity index is 1.98. The molecule has 1 aromatic carbocycles. The van der Waals surface area contributed by atoms with Crippen molar-refractivity contribution in [3.63, 3.8) is 0 Å². The van der Waals surface area contributed by atoms with Crippen LogP contribution in [0.5, 0.6) is 0 Å². The third kappa shape index (κ3) is 6.67. The molecule has 1 N–H and O–H groups in total. The lowest BCUT2D eigenvalue weighted by molar-refractivity contribution is -0.150. The zero-order valence-electron chi connectivity index (χ0n) is 16.1. The molecule has 0 aliphatic rings. The van der Waals surface area contributed by atoms with Gasteiger partial charge in [0.1, 0.15) is 29.9 Å². The van der Waals surface area contributed by atoms with E-state index < -0.39 is 29.6 Å². The Morgan fingerprint density at radius 1 is 1.21 bits per heavy atom. The molecule has 0 saturated heterocycles. The number of hydrogen-bond acceptors (Lipinski definition) is 5. The van der Waals surface area contributed by atoms with E-state index >= 15 is 0 Å². The standard InChI is InChI=1S/C20H27F2N3O3/c1-2-3-4-5-6-7-10-28-19(26)12-20(27,13-25-15-23-14-24-25)17-9-8-16(21)11-18(17)22/h8-9,11,14-15,27H,2-7,10,12-13H2,1H3. The maximum atomic E-state index is 14.3. The number of esters is 1. The maximum absolute atomic E-state index is 14.3. The molecule has 0 bridgehead atoms. The van der Waals surface area contributed by atoms with Crippen molar-refractivity contribution in [2.45, 2.75) is 64.0 Å². The normalized spacial score (nSPS) is 13.3. The zero-order valence-corrected chi connectivity index (χ0v) is 16.1. The summed E-state index contributed by atoms with van der Waals surface area (Å²) in [5.41, 5.74) is -2.13. The van der Waals surface area contributed by atoms with Gasteiger partial charge in [-0.05, 0) is 12.5 Å². The molecular formula is C20H27F2N3O3. The molecule has 1 heterocycles. The van der Waals surface area contributed by atoms with Crippen LogP contribution in [0.2, 0.25) is 0 Å². The van der Waals surface area contributed by atoms with Gasteiger partial charge < -0.3 is 9.84 Å². The lowest BCUT2D eigenvalue weighted by Gasteiger charge is -2.28. The van der Waals surface area contributed by atoms with E-state index in [1.807, 2.05) is 0 Å². The molecule has 6 nitrogen and oxygen atoms in total. The van der Waals surface area contributed by atoms with E-state index in [1.165, 1.54) is 30.2 Å². The minimum Gasteiger partial charge on any atom is -0.466 e. The molecule has 2 aromatic rings. The summed E-state index contributed by atoms with van der Waals surface area (Å²) in [7, 11) is 0. The summed E-state index contributed by atoms with van der Waals surface area (Å²) in [6.45, 7) is 2.17. The van der Waals surface area contributed by atoms with Crippen molar-refractivity contribution in [3.05, 3.63) is 48.1 Å². The number of aromatic nitrogens is 3. The number of ether oxygens (including phenoxy) is 1. The van der Waals surface area contributed by atoms with E-state index in [0.29, 0.717) is 6.07 Å². The maximum Gasteiger partial charge on any atom is 0.309 e. The summed E-state index contributed by atoms with van der Waals surface area (Å²) in [6, 6.07) is 2.83. The molecule has 0 fully saturated rings. The van der Waals surface area contributed by atoms with Gasteiger partial charge in [0, 0.05) is 11.6 Å². The Bertz CT molecular complexity index is 740. The van der Waals surface area contributed by atoms with Crippen molar-refractivity contribution < 1.29 is 23.4 Å². The number of hydrogen-bond donors (Lipinski definition) is 1. The van der Waals surface area contributed by atoms with Gasteiger partial charge in [0.05, 0.1) is 19.6 Å². The number of unbranched alkanes of at least 4 members (excludes halogenated alkanes) is 5. The van der Waals surface area contributed by atoms with Crippen molar-refractivity contribution >= 4 is 5.97 Å². The second-order valence-electron chi connectivity index (χ2n) is 6.91. The number of carbonyl (C=O) groups excluding carboxylic acids is 1. The molecular weight excluding hydrogens is 368 g/mol. The smallest absolute Gasteiger partial charge is 0.309 e. The minimum atomic E-state index is -1.94. The van der Waals surface area contributed by atoms with Crippen molar-refractivity contribution in [1.82, 2.24) is 14.8 Å². The van der Waals surface area contributed by atoms with Crippen LogP contribution in [0.15, 0.2) is 30.9 Å². The van der Waals surface area contributed by atoms with Crippen molar-refractivity contribution in [1.29, 1.82) is 0 Å². The molecule has 28 heavy (non-hydrogen) atoms. The Morgan fingerprint density at radius 3 is 2.64 bits per heavy atom. The van der Waals surface area contributed by atoms with Crippen molar-refractivity contribution in [2.75, 3.05) is 6.61 Å². The second kappa shape index (κ2) is 10.8. The van der Waals surface area contributed by atoms with Crippen LogP contribution in [0.25, 0.3) is 0 Å². The highest BCUT2D eigenvalue weighted by Gasteiger charge is 2.36. The van der Waals surface area contributed by atoms with Gasteiger partial charge in [-0.3, -0.25) is 4.79 Å². The number of carbonyl (C=O) groups is 1. The van der Waals surface area contributed by atoms with Gasteiger partial charge >= 0.3 is 5.97 Å². The highest BCUT2D eigenvalue weighted by molar-refractivity contribution is 5.71. The average Bonchev–Trinajstić information content (AvgIpc) is 3.13. The van der Waals surface area contributed by atoms with Gasteiger partial charge in [-0.2, -0.15) is 5.10 Å². The van der Waals surface area contributed by atoms with Gasteiger partial charge in [-0.15, -0.1) is 0 Å². The second-order valence-corrected chi connectivity index (χ2v) is 6.91. The lowest BCUT2D eigenvalue weighted by Crippen LogP contribution is -2.36. The summed E-state index contributed by atoms with van der Waals surface area (Å²) in [6.07, 6.45) is 8.43. The summed E-state index contributed by atoms with van der Waals surface area (Å²) in [5, 5.41) is 14.9. The van der Waals surface area contributed by atoms with Crippen molar-refractivity contribution in [2.24, 2.45) is 0 Å². The molecule has 2 rings (SSSR count). The lowest BCUT2D eigenvalue weighted by atomic mass is 9.89. The Labute approximate surface area is 163 Å². The topological polar surface area (TPSA) is 77.2 Å². The van der Waals surface area contributed by atoms with Crippen LogP contribution in [0.4, 0.5) is 8.78 Å². The monoisotopic (exact) mass is 395 g/mol. The first-order valence-electron chi connectivity index (χ1n) is 9.60. The van der Waals surface area contributed by atoms with E-state index in [0.717, 1.165) is 37.8 Å². The molecule has 154 valence electrons. The van der Waals surface area contributed by atoms with Crippen LogP contribution < -0.4 is 0 Å². The summed E-state index contributed by atoms with van der Waals surface area (Å²) in [5.74, 6) is -2.36. The van der Waals surface area contributed by atoms with Gasteiger partial charge in [-0.25, -0.2) is 18.4 Å². The molecule has 0 amide bonds. The van der Waals surface area contributed by atoms with Crippen LogP contribution in [0.3, 0.4) is 0 Å². The predicted molar refractivity (Wildman–Crippen MR) is 99.2 cm³/mol. The van der Waals surface area contributed by atoms with Crippen molar-refractivity contribution in [3.8, 4) is 0 Å². The number of halogens is 2. The van der Waals surface area contributed by atoms with Gasteiger partial charge in [0.2, 0.25) is 0 Å². The third-order valence-electron chi connectivity index (χ3n) is 4.52. The van der Waals surface area contributed by atoms with Crippen LogP contribution in [0.1, 0.15) is 57.4 Å². The van der Waals surface area contributed by atoms with Crippen LogP contribution in [-0.4, -0.2) is 32.4 Å². The highest BCUT2D eigenvalue weighted by Crippen LogP contribution is 2.30. The first-order valence-corrected chi connectivity index (χ1v) is 9.60. The highest BCUT2D eigenvalue weighted by atomic mass is 19.1.